The van der Waals surface area contributed by atoms with Crippen molar-refractivity contribution >= 4 is 25.1 Å². The number of esters is 1. The molecule has 14 nitrogen and oxygen atoms in total. The number of hydrogen-bond acceptors (Lipinski definition) is 12. The van der Waals surface area contributed by atoms with Crippen LogP contribution in [0.1, 0.15) is 18.2 Å². The number of aliphatic hydroxyl groups excluding tert-OH is 1. The fraction of sp³-hybridized carbons (Fsp3) is 0.391. The van der Waals surface area contributed by atoms with Gasteiger partial charge in [-0.1, -0.05) is 30.3 Å². The molecule has 0 spiro atoms. The predicted molar refractivity (Wildman–Crippen MR) is 131 cm³/mol. The number of ether oxygens (including phenoxy) is 2. The van der Waals surface area contributed by atoms with Gasteiger partial charge in [-0.05, 0) is 24.6 Å². The molecular formula is C23H27N6O8P. The van der Waals surface area contributed by atoms with Crippen molar-refractivity contribution in [3.05, 3.63) is 60.0 Å². The van der Waals surface area contributed by atoms with Crippen LogP contribution in [0, 0.1) is 11.3 Å². The summed E-state index contributed by atoms with van der Waals surface area (Å²) in [6, 6.07) is 12.5. The smallest absolute Gasteiger partial charge is 0.406 e. The van der Waals surface area contributed by atoms with Gasteiger partial charge in [0.15, 0.2) is 11.4 Å². The highest BCUT2D eigenvalue weighted by molar-refractivity contribution is 7.51. The second kappa shape index (κ2) is 10.8. The lowest BCUT2D eigenvalue weighted by Gasteiger charge is -2.31. The minimum absolute atomic E-state index is 0.0900. The summed E-state index contributed by atoms with van der Waals surface area (Å²) < 4.78 is 36.2. The molecule has 15 heteroatoms. The highest BCUT2D eigenvalue weighted by Crippen LogP contribution is 2.49. The molecule has 5 atom stereocenters. The number of methoxy groups -OCH3 is 1. The number of benzene rings is 1. The predicted octanol–water partition coefficient (Wildman–Crippen LogP) is 0.645. The van der Waals surface area contributed by atoms with Crippen LogP contribution in [0.2, 0.25) is 0 Å². The summed E-state index contributed by atoms with van der Waals surface area (Å²) >= 11 is 0. The van der Waals surface area contributed by atoms with Crippen LogP contribution >= 0.6 is 7.75 Å². The van der Waals surface area contributed by atoms with Crippen LogP contribution in [0.25, 0.3) is 5.52 Å². The molecule has 3 aromatic rings. The van der Waals surface area contributed by atoms with E-state index in [9.17, 15) is 24.8 Å². The molecule has 0 aliphatic carbocycles. The molecule has 1 saturated heterocycles. The van der Waals surface area contributed by atoms with Crippen molar-refractivity contribution in [1.29, 1.82) is 5.26 Å². The molecule has 1 aliphatic heterocycles. The van der Waals surface area contributed by atoms with Crippen molar-refractivity contribution in [2.45, 2.75) is 36.9 Å². The number of aliphatic hydroxyl groups is 2. The summed E-state index contributed by atoms with van der Waals surface area (Å²) in [5, 5.41) is 39.1. The number of aromatic nitrogens is 3. The Kier molecular flexibility index (Phi) is 7.82. The maximum absolute atomic E-state index is 13.6. The van der Waals surface area contributed by atoms with Crippen LogP contribution < -0.4 is 10.8 Å². The van der Waals surface area contributed by atoms with E-state index in [0.29, 0.717) is 11.1 Å². The standard InChI is InChI=1S/C23H27N6O8P/c1-15(20(30)34-2)28-38(33,36-10-16-6-4-3-5-7-16)37-12-22(11-24)21(31)23(32,13-35-22)18-9-8-17-19(25)26-14-27-29(17)18/h3-9,14-15,21,31-32H,10,12-13H2,1-2H3,(H,28,33)(H2,25,26,27)/t15-,21+,22+,23?,38?/m0/s1. The van der Waals surface area contributed by atoms with E-state index in [1.165, 1.54) is 23.8 Å². The monoisotopic (exact) mass is 546 g/mol. The van der Waals surface area contributed by atoms with Crippen LogP contribution in [0.3, 0.4) is 0 Å². The third-order valence-electron chi connectivity index (χ3n) is 6.16. The van der Waals surface area contributed by atoms with Crippen molar-refractivity contribution in [2.75, 3.05) is 26.1 Å². The van der Waals surface area contributed by atoms with Crippen LogP contribution in [-0.4, -0.2) is 68.9 Å². The minimum Gasteiger partial charge on any atom is -0.468 e. The van der Waals surface area contributed by atoms with E-state index >= 15 is 0 Å². The van der Waals surface area contributed by atoms with Crippen molar-refractivity contribution in [2.24, 2.45) is 0 Å². The fourth-order valence-corrected chi connectivity index (χ4v) is 5.50. The van der Waals surface area contributed by atoms with Gasteiger partial charge in [0.05, 0.1) is 26.0 Å². The third-order valence-corrected chi connectivity index (χ3v) is 7.80. The van der Waals surface area contributed by atoms with Crippen LogP contribution in [0.15, 0.2) is 48.8 Å². The molecule has 38 heavy (non-hydrogen) atoms. The number of nitrogen functional groups attached to an aromatic ring is 1. The highest BCUT2D eigenvalue weighted by atomic mass is 31.2. The Hall–Kier alpha value is -3.41. The maximum Gasteiger partial charge on any atom is 0.406 e. The van der Waals surface area contributed by atoms with Crippen LogP contribution in [0.5, 0.6) is 0 Å². The minimum atomic E-state index is -4.31. The second-order valence-electron chi connectivity index (χ2n) is 8.68. The van der Waals surface area contributed by atoms with Crippen molar-refractivity contribution < 1.29 is 38.1 Å². The van der Waals surface area contributed by atoms with Crippen molar-refractivity contribution in [1.82, 2.24) is 19.7 Å². The molecule has 0 bridgehead atoms. The molecule has 3 heterocycles. The molecular weight excluding hydrogens is 519 g/mol. The summed E-state index contributed by atoms with van der Waals surface area (Å²) in [5.41, 5.74) is 2.69. The van der Waals surface area contributed by atoms with Gasteiger partial charge in [0.2, 0.25) is 5.60 Å². The quantitative estimate of drug-likeness (QED) is 0.204. The second-order valence-corrected chi connectivity index (χ2v) is 10.5. The lowest BCUT2D eigenvalue weighted by atomic mass is 9.86. The van der Waals surface area contributed by atoms with Gasteiger partial charge in [0, 0.05) is 0 Å². The van der Waals surface area contributed by atoms with Gasteiger partial charge < -0.3 is 25.4 Å². The first kappa shape index (κ1) is 27.6. The lowest BCUT2D eigenvalue weighted by molar-refractivity contribution is -0.142. The summed E-state index contributed by atoms with van der Waals surface area (Å²) in [5.74, 6) is -0.597. The zero-order chi connectivity index (χ0) is 27.6. The summed E-state index contributed by atoms with van der Waals surface area (Å²) in [6.07, 6.45) is -0.707. The number of carbonyl (C=O) groups excluding carboxylic acids is 1. The van der Waals surface area contributed by atoms with Crippen LogP contribution in [0.4, 0.5) is 5.82 Å². The average Bonchev–Trinajstić information content (AvgIpc) is 3.48. The zero-order valence-electron chi connectivity index (χ0n) is 20.6. The Labute approximate surface area is 217 Å². The van der Waals surface area contributed by atoms with Gasteiger partial charge in [0.1, 0.15) is 36.7 Å². The number of rotatable bonds is 10. The lowest BCUT2D eigenvalue weighted by Crippen LogP contribution is -2.51. The zero-order valence-corrected chi connectivity index (χ0v) is 21.4. The molecule has 0 amide bonds. The summed E-state index contributed by atoms with van der Waals surface area (Å²) in [4.78, 5) is 15.8. The molecule has 4 rings (SSSR count). The van der Waals surface area contributed by atoms with E-state index in [0.717, 1.165) is 7.11 Å². The number of hydrogen-bond donors (Lipinski definition) is 4. The molecule has 1 fully saturated rings. The molecule has 202 valence electrons. The van der Waals surface area contributed by atoms with Gasteiger partial charge in [-0.2, -0.15) is 10.4 Å². The number of nitriles is 1. The summed E-state index contributed by atoms with van der Waals surface area (Å²) in [7, 11) is -3.15. The van der Waals surface area contributed by atoms with Crippen LogP contribution in [-0.2, 0) is 40.1 Å². The Morgan fingerprint density at radius 2 is 2.11 bits per heavy atom. The normalized spacial score (nSPS) is 25.5. The number of fused-ring (bicyclic) bond motifs is 1. The molecule has 1 aliphatic rings. The van der Waals surface area contributed by atoms with E-state index in [-0.39, 0.29) is 18.1 Å². The molecule has 1 aromatic carbocycles. The first-order chi connectivity index (χ1) is 18.1. The van der Waals surface area contributed by atoms with Gasteiger partial charge in [0.25, 0.3) is 0 Å². The fourth-order valence-electron chi connectivity index (χ4n) is 4.02. The number of anilines is 1. The number of nitrogens with zero attached hydrogens (tertiary/aromatic N) is 4. The summed E-state index contributed by atoms with van der Waals surface area (Å²) in [6.45, 7) is -0.0927. The van der Waals surface area contributed by atoms with E-state index in [1.807, 2.05) is 6.07 Å². The Bertz CT molecular complexity index is 1400. The van der Waals surface area contributed by atoms with Gasteiger partial charge in [-0.3, -0.25) is 13.8 Å². The Morgan fingerprint density at radius 1 is 1.37 bits per heavy atom. The molecule has 2 aromatic heterocycles. The Balaban J connectivity index is 1.58. The molecule has 0 radical (unpaired) electrons. The average molecular weight is 546 g/mol. The molecule has 5 N–H and O–H groups in total. The van der Waals surface area contributed by atoms with Gasteiger partial charge in [-0.15, -0.1) is 0 Å². The van der Waals surface area contributed by atoms with E-state index in [4.69, 9.17) is 19.5 Å². The first-order valence-corrected chi connectivity index (χ1v) is 12.9. The van der Waals surface area contributed by atoms with Crippen molar-refractivity contribution in [3.8, 4) is 6.07 Å². The maximum atomic E-state index is 13.6. The van der Waals surface area contributed by atoms with E-state index in [1.54, 1.807) is 36.4 Å². The highest BCUT2D eigenvalue weighted by Gasteiger charge is 2.61. The SMILES string of the molecule is COC(=O)[C@H](C)NP(=O)(OCc1ccccc1)OC[C@@]1(C#N)OCC(O)(c2ccc3c(N)ncnn23)[C@@H]1O. The first-order valence-electron chi connectivity index (χ1n) is 11.4. The number of nitrogens with two attached hydrogens (primary N) is 1. The van der Waals surface area contributed by atoms with Gasteiger partial charge >= 0.3 is 13.7 Å². The number of carbonyl (C=O) groups is 1. The van der Waals surface area contributed by atoms with E-state index in [2.05, 4.69) is 19.9 Å². The van der Waals surface area contributed by atoms with Gasteiger partial charge in [-0.25, -0.2) is 19.2 Å². The molecule has 0 saturated carbocycles. The molecule has 2 unspecified atom stereocenters. The third kappa shape index (κ3) is 5.13. The van der Waals surface area contributed by atoms with Crippen molar-refractivity contribution in [3.63, 3.8) is 0 Å². The Morgan fingerprint density at radius 3 is 2.79 bits per heavy atom. The topological polar surface area (TPSA) is 204 Å². The van der Waals surface area contributed by atoms with E-state index < -0.39 is 50.3 Å². The number of nitrogens with one attached hydrogen (secondary N) is 1. The largest absolute Gasteiger partial charge is 0.468 e.